The Bertz CT molecular complexity index is 508. The van der Waals surface area contributed by atoms with E-state index in [-0.39, 0.29) is 0 Å². The first-order chi connectivity index (χ1) is 10.9. The molecule has 122 valence electrons. The Morgan fingerprint density at radius 3 is 2.18 bits per heavy atom. The molecule has 0 aliphatic rings. The lowest BCUT2D eigenvalue weighted by atomic mass is 9.98. The zero-order chi connectivity index (χ0) is 15.6. The fourth-order valence-electron chi connectivity index (χ4n) is 2.99. The van der Waals surface area contributed by atoms with Crippen molar-refractivity contribution in [2.45, 2.75) is 78.1 Å². The minimum absolute atomic E-state index is 1.28. The van der Waals surface area contributed by atoms with Gasteiger partial charge in [0.1, 0.15) is 0 Å². The third-order valence-electron chi connectivity index (χ3n) is 4.31. The quantitative estimate of drug-likeness (QED) is 0.369. The molecule has 2 aromatic rings. The molecule has 0 N–H and O–H groups in total. The lowest BCUT2D eigenvalue weighted by Crippen LogP contribution is -1.93. The van der Waals surface area contributed by atoms with Crippen molar-refractivity contribution in [3.63, 3.8) is 0 Å². The fraction of sp³-hybridized carbons (Fsp3) is 0.600. The molecule has 0 aliphatic carbocycles. The molecule has 2 heterocycles. The van der Waals surface area contributed by atoms with E-state index in [1.165, 1.54) is 69.1 Å². The van der Waals surface area contributed by atoms with Crippen LogP contribution >= 0.6 is 22.7 Å². The highest BCUT2D eigenvalue weighted by atomic mass is 32.1. The van der Waals surface area contributed by atoms with Gasteiger partial charge < -0.3 is 0 Å². The van der Waals surface area contributed by atoms with Gasteiger partial charge in [-0.2, -0.15) is 0 Å². The maximum absolute atomic E-state index is 2.44. The highest BCUT2D eigenvalue weighted by Crippen LogP contribution is 2.37. The Morgan fingerprint density at radius 1 is 0.818 bits per heavy atom. The highest BCUT2D eigenvalue weighted by Gasteiger charge is 2.13. The van der Waals surface area contributed by atoms with Gasteiger partial charge in [0, 0.05) is 9.75 Å². The second kappa shape index (κ2) is 10.2. The molecule has 0 radical (unpaired) electrons. The minimum Gasteiger partial charge on any atom is -0.143 e. The van der Waals surface area contributed by atoms with Crippen molar-refractivity contribution in [3.05, 3.63) is 34.0 Å². The molecule has 0 saturated carbocycles. The van der Waals surface area contributed by atoms with Crippen LogP contribution in [0.3, 0.4) is 0 Å². The van der Waals surface area contributed by atoms with E-state index in [9.17, 15) is 0 Å². The highest BCUT2D eigenvalue weighted by molar-refractivity contribution is 7.20. The molecule has 0 spiro atoms. The Balaban J connectivity index is 2.04. The monoisotopic (exact) mass is 334 g/mol. The Labute approximate surface area is 144 Å². The largest absolute Gasteiger partial charge is 0.143 e. The number of unbranched alkanes of at least 4 members (excludes halogenated alkanes) is 6. The van der Waals surface area contributed by atoms with Gasteiger partial charge in [0.2, 0.25) is 0 Å². The van der Waals surface area contributed by atoms with Crippen LogP contribution in [0.5, 0.6) is 0 Å². The standard InChI is InChI=1S/C20H30S2/c1-3-5-7-9-12-17-16-22-20(19-14-11-15-21-19)18(17)13-10-8-6-4-2/h11,14-16H,3-10,12-13H2,1-2H3. The first-order valence-corrected chi connectivity index (χ1v) is 10.8. The summed E-state index contributed by atoms with van der Waals surface area (Å²) in [6.07, 6.45) is 13.4. The van der Waals surface area contributed by atoms with Gasteiger partial charge in [0.25, 0.3) is 0 Å². The normalized spacial score (nSPS) is 11.2. The average molecular weight is 335 g/mol. The molecule has 2 aromatic heterocycles. The molecule has 0 unspecified atom stereocenters. The molecule has 0 amide bonds. The Hall–Kier alpha value is -0.600. The second-order valence-electron chi connectivity index (χ2n) is 6.17. The van der Waals surface area contributed by atoms with Crippen LogP contribution in [0.25, 0.3) is 9.75 Å². The van der Waals surface area contributed by atoms with Crippen LogP contribution in [-0.2, 0) is 12.8 Å². The van der Waals surface area contributed by atoms with Crippen LogP contribution < -0.4 is 0 Å². The first-order valence-electron chi connectivity index (χ1n) is 8.99. The summed E-state index contributed by atoms with van der Waals surface area (Å²) in [4.78, 5) is 3.02. The van der Waals surface area contributed by atoms with Crippen LogP contribution in [0.1, 0.15) is 76.3 Å². The summed E-state index contributed by atoms with van der Waals surface area (Å²) in [6, 6.07) is 4.47. The van der Waals surface area contributed by atoms with Gasteiger partial charge in [0.15, 0.2) is 0 Å². The van der Waals surface area contributed by atoms with Crippen LogP contribution in [0.15, 0.2) is 22.9 Å². The lowest BCUT2D eigenvalue weighted by Gasteiger charge is -2.07. The second-order valence-corrected chi connectivity index (χ2v) is 7.99. The van der Waals surface area contributed by atoms with Crippen molar-refractivity contribution in [2.75, 3.05) is 0 Å². The molecular formula is C20H30S2. The predicted molar refractivity (Wildman–Crippen MR) is 103 cm³/mol. The van der Waals surface area contributed by atoms with Gasteiger partial charge >= 0.3 is 0 Å². The van der Waals surface area contributed by atoms with Gasteiger partial charge in [-0.15, -0.1) is 22.7 Å². The molecule has 2 rings (SSSR count). The molecule has 22 heavy (non-hydrogen) atoms. The van der Waals surface area contributed by atoms with E-state index in [1.807, 2.05) is 22.7 Å². The van der Waals surface area contributed by atoms with Crippen molar-refractivity contribution in [2.24, 2.45) is 0 Å². The van der Waals surface area contributed by atoms with Gasteiger partial charge in [-0.3, -0.25) is 0 Å². The summed E-state index contributed by atoms with van der Waals surface area (Å²) in [5.41, 5.74) is 3.31. The molecular weight excluding hydrogens is 304 g/mol. The summed E-state index contributed by atoms with van der Waals surface area (Å²) >= 11 is 3.86. The topological polar surface area (TPSA) is 0 Å². The van der Waals surface area contributed by atoms with Crippen molar-refractivity contribution in [1.82, 2.24) is 0 Å². The van der Waals surface area contributed by atoms with Crippen LogP contribution in [-0.4, -0.2) is 0 Å². The van der Waals surface area contributed by atoms with E-state index < -0.39 is 0 Å². The van der Waals surface area contributed by atoms with Crippen LogP contribution in [0.2, 0.25) is 0 Å². The van der Waals surface area contributed by atoms with Crippen LogP contribution in [0, 0.1) is 0 Å². The number of thiophene rings is 2. The Morgan fingerprint density at radius 2 is 1.55 bits per heavy atom. The molecule has 0 fully saturated rings. The minimum atomic E-state index is 1.28. The number of hydrogen-bond acceptors (Lipinski definition) is 2. The van der Waals surface area contributed by atoms with Crippen molar-refractivity contribution < 1.29 is 0 Å². The zero-order valence-corrected chi connectivity index (χ0v) is 15.8. The molecule has 2 heteroatoms. The number of hydrogen-bond donors (Lipinski definition) is 0. The Kier molecular flexibility index (Phi) is 8.25. The maximum Gasteiger partial charge on any atom is 0.0477 e. The molecule has 0 saturated heterocycles. The smallest absolute Gasteiger partial charge is 0.0477 e. The molecule has 0 atom stereocenters. The van der Waals surface area contributed by atoms with E-state index in [1.54, 1.807) is 16.0 Å². The first kappa shape index (κ1) is 17.7. The van der Waals surface area contributed by atoms with Crippen LogP contribution in [0.4, 0.5) is 0 Å². The van der Waals surface area contributed by atoms with E-state index in [4.69, 9.17) is 0 Å². The van der Waals surface area contributed by atoms with Gasteiger partial charge in [-0.1, -0.05) is 58.4 Å². The summed E-state index contributed by atoms with van der Waals surface area (Å²) in [5, 5.41) is 4.65. The zero-order valence-electron chi connectivity index (χ0n) is 14.2. The molecule has 0 aliphatic heterocycles. The van der Waals surface area contributed by atoms with Gasteiger partial charge in [-0.05, 0) is 53.6 Å². The fourth-order valence-corrected chi connectivity index (χ4v) is 5.05. The van der Waals surface area contributed by atoms with Crippen molar-refractivity contribution in [3.8, 4) is 9.75 Å². The third kappa shape index (κ3) is 5.24. The van der Waals surface area contributed by atoms with Crippen molar-refractivity contribution >= 4 is 22.7 Å². The average Bonchev–Trinajstić information content (AvgIpc) is 3.17. The van der Waals surface area contributed by atoms with E-state index in [0.717, 1.165) is 0 Å². The number of rotatable bonds is 11. The molecule has 0 bridgehead atoms. The van der Waals surface area contributed by atoms with Gasteiger partial charge in [-0.25, -0.2) is 0 Å². The predicted octanol–water partition coefficient (Wildman–Crippen LogP) is 7.72. The van der Waals surface area contributed by atoms with E-state index in [0.29, 0.717) is 0 Å². The summed E-state index contributed by atoms with van der Waals surface area (Å²) < 4.78 is 0. The van der Waals surface area contributed by atoms with E-state index in [2.05, 4.69) is 36.7 Å². The SMILES string of the molecule is CCCCCCc1csc(-c2cccs2)c1CCCCCC. The van der Waals surface area contributed by atoms with Crippen molar-refractivity contribution in [1.29, 1.82) is 0 Å². The third-order valence-corrected chi connectivity index (χ3v) is 6.43. The van der Waals surface area contributed by atoms with Gasteiger partial charge in [0.05, 0.1) is 0 Å². The lowest BCUT2D eigenvalue weighted by molar-refractivity contribution is 0.652. The molecule has 0 aromatic carbocycles. The summed E-state index contributed by atoms with van der Waals surface area (Å²) in [5.74, 6) is 0. The summed E-state index contributed by atoms with van der Waals surface area (Å²) in [7, 11) is 0. The number of aryl methyl sites for hydroxylation is 1. The summed E-state index contributed by atoms with van der Waals surface area (Å²) in [6.45, 7) is 4.58. The van der Waals surface area contributed by atoms with E-state index >= 15 is 0 Å². The maximum atomic E-state index is 2.44. The molecule has 0 nitrogen and oxygen atoms in total.